The molecule has 0 saturated heterocycles. The molecule has 112 valence electrons. The number of carbonyl (C=O) groups excluding carboxylic acids is 1. The van der Waals surface area contributed by atoms with Gasteiger partial charge in [-0.1, -0.05) is 48.8 Å². The second kappa shape index (κ2) is 7.79. The minimum Gasteiger partial charge on any atom is -0.396 e. The van der Waals surface area contributed by atoms with Gasteiger partial charge in [0.1, 0.15) is 0 Å². The molecule has 0 spiro atoms. The predicted octanol–water partition coefficient (Wildman–Crippen LogP) is 3.30. The zero-order chi connectivity index (χ0) is 15.2. The van der Waals surface area contributed by atoms with Crippen molar-refractivity contribution < 1.29 is 9.90 Å². The summed E-state index contributed by atoms with van der Waals surface area (Å²) in [5.74, 6) is 0.0401. The Balaban J connectivity index is 2.50. The lowest BCUT2D eigenvalue weighted by atomic mass is 9.85. The Labute approximate surface area is 129 Å². The largest absolute Gasteiger partial charge is 0.396 e. The molecule has 2 N–H and O–H groups in total. The fourth-order valence-electron chi connectivity index (χ4n) is 2.07. The van der Waals surface area contributed by atoms with Gasteiger partial charge in [-0.3, -0.25) is 4.79 Å². The summed E-state index contributed by atoms with van der Waals surface area (Å²) in [5, 5.41) is 12.1. The van der Waals surface area contributed by atoms with E-state index in [2.05, 4.69) is 42.0 Å². The first-order valence-electron chi connectivity index (χ1n) is 6.97. The number of carbonyl (C=O) groups is 1. The summed E-state index contributed by atoms with van der Waals surface area (Å²) >= 11 is 3.43. The summed E-state index contributed by atoms with van der Waals surface area (Å²) < 4.78 is 1.03. The van der Waals surface area contributed by atoms with Gasteiger partial charge >= 0.3 is 0 Å². The Morgan fingerprint density at radius 1 is 1.40 bits per heavy atom. The standard InChI is InChI=1S/C16H24BrNO2/c1-16(2,3)14(9-10-19)18-15(20)8-7-12-5-4-6-13(17)11-12/h4-6,11,14,19H,7-10H2,1-3H3,(H,18,20). The molecular formula is C16H24BrNO2. The first kappa shape index (κ1) is 17.2. The van der Waals surface area contributed by atoms with Gasteiger partial charge in [0, 0.05) is 23.5 Å². The lowest BCUT2D eigenvalue weighted by Gasteiger charge is -2.31. The monoisotopic (exact) mass is 341 g/mol. The first-order valence-corrected chi connectivity index (χ1v) is 7.77. The van der Waals surface area contributed by atoms with E-state index in [0.29, 0.717) is 12.8 Å². The van der Waals surface area contributed by atoms with E-state index in [9.17, 15) is 4.79 Å². The van der Waals surface area contributed by atoms with E-state index in [1.807, 2.05) is 24.3 Å². The average Bonchev–Trinajstić information content (AvgIpc) is 2.35. The van der Waals surface area contributed by atoms with Crippen molar-refractivity contribution >= 4 is 21.8 Å². The number of halogens is 1. The van der Waals surface area contributed by atoms with Crippen LogP contribution in [-0.2, 0) is 11.2 Å². The van der Waals surface area contributed by atoms with Crippen molar-refractivity contribution in [3.8, 4) is 0 Å². The highest BCUT2D eigenvalue weighted by atomic mass is 79.9. The summed E-state index contributed by atoms with van der Waals surface area (Å²) in [6, 6.07) is 8.00. The minimum atomic E-state index is -0.0475. The Bertz CT molecular complexity index is 440. The van der Waals surface area contributed by atoms with Crippen LogP contribution in [-0.4, -0.2) is 23.7 Å². The van der Waals surface area contributed by atoms with Crippen molar-refractivity contribution in [1.29, 1.82) is 0 Å². The van der Waals surface area contributed by atoms with E-state index < -0.39 is 0 Å². The van der Waals surface area contributed by atoms with Gasteiger partial charge in [0.2, 0.25) is 5.91 Å². The summed E-state index contributed by atoms with van der Waals surface area (Å²) in [4.78, 5) is 12.0. The molecule has 0 aromatic heterocycles. The van der Waals surface area contributed by atoms with Crippen molar-refractivity contribution in [2.75, 3.05) is 6.61 Å². The van der Waals surface area contributed by atoms with Crippen molar-refractivity contribution in [3.05, 3.63) is 34.3 Å². The van der Waals surface area contributed by atoms with Crippen LogP contribution < -0.4 is 5.32 Å². The maximum absolute atomic E-state index is 12.0. The topological polar surface area (TPSA) is 49.3 Å². The van der Waals surface area contributed by atoms with Crippen molar-refractivity contribution in [2.45, 2.75) is 46.1 Å². The molecule has 0 fully saturated rings. The zero-order valence-corrected chi connectivity index (χ0v) is 14.0. The number of aryl methyl sites for hydroxylation is 1. The Kier molecular flexibility index (Phi) is 6.69. The molecule has 4 heteroatoms. The van der Waals surface area contributed by atoms with Gasteiger partial charge in [0.05, 0.1) is 0 Å². The first-order chi connectivity index (χ1) is 9.32. The number of amides is 1. The Morgan fingerprint density at radius 3 is 2.65 bits per heavy atom. The van der Waals surface area contributed by atoms with Gasteiger partial charge in [0.15, 0.2) is 0 Å². The molecular weight excluding hydrogens is 318 g/mol. The zero-order valence-electron chi connectivity index (χ0n) is 12.4. The van der Waals surface area contributed by atoms with Gasteiger partial charge in [0.25, 0.3) is 0 Å². The number of benzene rings is 1. The van der Waals surface area contributed by atoms with E-state index in [1.54, 1.807) is 0 Å². The molecule has 20 heavy (non-hydrogen) atoms. The predicted molar refractivity (Wildman–Crippen MR) is 85.6 cm³/mol. The molecule has 0 saturated carbocycles. The molecule has 0 aliphatic heterocycles. The second-order valence-electron chi connectivity index (χ2n) is 6.13. The fraction of sp³-hybridized carbons (Fsp3) is 0.562. The van der Waals surface area contributed by atoms with Crippen LogP contribution in [0.5, 0.6) is 0 Å². The quantitative estimate of drug-likeness (QED) is 0.833. The summed E-state index contributed by atoms with van der Waals surface area (Å²) in [6.45, 7) is 6.31. The molecule has 0 bridgehead atoms. The van der Waals surface area contributed by atoms with E-state index >= 15 is 0 Å². The number of rotatable bonds is 6. The lowest BCUT2D eigenvalue weighted by Crippen LogP contribution is -2.44. The van der Waals surface area contributed by atoms with Crippen molar-refractivity contribution in [1.82, 2.24) is 5.32 Å². The van der Waals surface area contributed by atoms with Crippen LogP contribution in [0.1, 0.15) is 39.2 Å². The normalized spacial score (nSPS) is 13.1. The molecule has 0 aliphatic carbocycles. The molecule has 1 atom stereocenters. The molecule has 3 nitrogen and oxygen atoms in total. The van der Waals surface area contributed by atoms with Gasteiger partial charge in [-0.25, -0.2) is 0 Å². The Hall–Kier alpha value is -0.870. The number of aliphatic hydroxyl groups excluding tert-OH is 1. The third-order valence-electron chi connectivity index (χ3n) is 3.33. The fourth-order valence-corrected chi connectivity index (χ4v) is 2.51. The molecule has 1 unspecified atom stereocenters. The minimum absolute atomic E-state index is 0.00232. The SMILES string of the molecule is CC(C)(C)C(CCO)NC(=O)CCc1cccc(Br)c1. The van der Waals surface area contributed by atoms with Crippen LogP contribution in [0.2, 0.25) is 0 Å². The molecule has 0 radical (unpaired) electrons. The van der Waals surface area contributed by atoms with E-state index in [0.717, 1.165) is 16.5 Å². The molecule has 1 rings (SSSR count). The summed E-state index contributed by atoms with van der Waals surface area (Å²) in [6.07, 6.45) is 1.78. The van der Waals surface area contributed by atoms with Gasteiger partial charge in [-0.15, -0.1) is 0 Å². The number of hydrogen-bond donors (Lipinski definition) is 2. The maximum Gasteiger partial charge on any atom is 0.220 e. The molecule has 1 aromatic carbocycles. The average molecular weight is 342 g/mol. The van der Waals surface area contributed by atoms with Crippen LogP contribution in [0.3, 0.4) is 0 Å². The second-order valence-corrected chi connectivity index (χ2v) is 7.04. The summed E-state index contributed by atoms with van der Waals surface area (Å²) in [7, 11) is 0. The molecule has 0 aliphatic rings. The molecule has 1 amide bonds. The number of nitrogens with one attached hydrogen (secondary N) is 1. The molecule has 1 aromatic rings. The lowest BCUT2D eigenvalue weighted by molar-refractivity contribution is -0.122. The maximum atomic E-state index is 12.0. The smallest absolute Gasteiger partial charge is 0.220 e. The summed E-state index contributed by atoms with van der Waals surface area (Å²) in [5.41, 5.74) is 1.10. The van der Waals surface area contributed by atoms with Crippen LogP contribution in [0, 0.1) is 5.41 Å². The third kappa shape index (κ3) is 6.06. The molecule has 0 heterocycles. The van der Waals surface area contributed by atoms with Crippen LogP contribution in [0.4, 0.5) is 0 Å². The Morgan fingerprint density at radius 2 is 2.10 bits per heavy atom. The van der Waals surface area contributed by atoms with Gasteiger partial charge < -0.3 is 10.4 Å². The van der Waals surface area contributed by atoms with Crippen LogP contribution in [0.15, 0.2) is 28.7 Å². The number of aliphatic hydroxyl groups is 1. The van der Waals surface area contributed by atoms with Crippen molar-refractivity contribution in [2.24, 2.45) is 5.41 Å². The highest BCUT2D eigenvalue weighted by Crippen LogP contribution is 2.22. The highest BCUT2D eigenvalue weighted by Gasteiger charge is 2.25. The van der Waals surface area contributed by atoms with E-state index in [4.69, 9.17) is 5.11 Å². The van der Waals surface area contributed by atoms with E-state index in [1.165, 1.54) is 0 Å². The van der Waals surface area contributed by atoms with E-state index in [-0.39, 0.29) is 24.0 Å². The van der Waals surface area contributed by atoms with Crippen LogP contribution >= 0.6 is 15.9 Å². The van der Waals surface area contributed by atoms with Gasteiger partial charge in [-0.2, -0.15) is 0 Å². The highest BCUT2D eigenvalue weighted by molar-refractivity contribution is 9.10. The number of hydrogen-bond acceptors (Lipinski definition) is 2. The third-order valence-corrected chi connectivity index (χ3v) is 3.82. The van der Waals surface area contributed by atoms with Crippen LogP contribution in [0.25, 0.3) is 0 Å². The van der Waals surface area contributed by atoms with Crippen molar-refractivity contribution in [3.63, 3.8) is 0 Å². The van der Waals surface area contributed by atoms with Gasteiger partial charge in [-0.05, 0) is 36.0 Å².